The molecule has 0 radical (unpaired) electrons. The Morgan fingerprint density at radius 1 is 1.09 bits per heavy atom. The van der Waals surface area contributed by atoms with E-state index in [1.165, 1.54) is 17.0 Å². The second-order valence-electron chi connectivity index (χ2n) is 7.53. The van der Waals surface area contributed by atoms with Gasteiger partial charge in [-0.15, -0.1) is 0 Å². The van der Waals surface area contributed by atoms with Gasteiger partial charge in [0.15, 0.2) is 18.1 Å². The van der Waals surface area contributed by atoms with Gasteiger partial charge in [0.05, 0.1) is 12.0 Å². The van der Waals surface area contributed by atoms with Gasteiger partial charge in [-0.2, -0.15) is 0 Å². The highest BCUT2D eigenvalue weighted by Crippen LogP contribution is 2.32. The first-order valence-electron chi connectivity index (χ1n) is 10.7. The highest BCUT2D eigenvalue weighted by molar-refractivity contribution is 7.89. The third-order valence-electron chi connectivity index (χ3n) is 5.06. The Hall–Kier alpha value is -3.31. The van der Waals surface area contributed by atoms with Gasteiger partial charge in [-0.3, -0.25) is 9.59 Å². The van der Waals surface area contributed by atoms with Crippen LogP contribution in [-0.2, 0) is 30.9 Å². The first-order valence-corrected chi connectivity index (χ1v) is 12.2. The van der Waals surface area contributed by atoms with Gasteiger partial charge in [0.25, 0.3) is 5.91 Å². The fourth-order valence-corrected chi connectivity index (χ4v) is 4.30. The van der Waals surface area contributed by atoms with Crippen LogP contribution in [0.1, 0.15) is 18.4 Å². The van der Waals surface area contributed by atoms with E-state index in [9.17, 15) is 18.0 Å². The monoisotopic (exact) mass is 492 g/mol. The second-order valence-corrected chi connectivity index (χ2v) is 9.30. The molecule has 1 aliphatic heterocycles. The molecule has 0 bridgehead atoms. The summed E-state index contributed by atoms with van der Waals surface area (Å²) in [5.41, 5.74) is 0.831. The Labute approximate surface area is 198 Å². The minimum Gasteiger partial charge on any atom is -0.496 e. The van der Waals surface area contributed by atoms with Gasteiger partial charge in [-0.05, 0) is 24.6 Å². The number of amides is 1. The second kappa shape index (κ2) is 11.7. The Morgan fingerprint density at radius 2 is 1.82 bits per heavy atom. The number of hydrogen-bond donors (Lipinski definition) is 1. The molecule has 34 heavy (non-hydrogen) atoms. The van der Waals surface area contributed by atoms with Crippen LogP contribution in [-0.4, -0.2) is 65.7 Å². The van der Waals surface area contributed by atoms with E-state index in [1.54, 1.807) is 26.3 Å². The SMILES string of the molecule is COc1ccccc1CN(C)C(=O)COC(=O)CCCNS(=O)(=O)c1ccc2c(c1)OCCO2. The zero-order valence-electron chi connectivity index (χ0n) is 19.1. The Bertz CT molecular complexity index is 1120. The first kappa shape index (κ1) is 25.3. The van der Waals surface area contributed by atoms with E-state index in [1.807, 2.05) is 18.2 Å². The molecule has 184 valence electrons. The zero-order valence-corrected chi connectivity index (χ0v) is 19.9. The maximum Gasteiger partial charge on any atom is 0.306 e. The van der Waals surface area contributed by atoms with Crippen molar-refractivity contribution in [3.8, 4) is 17.2 Å². The topological polar surface area (TPSA) is 120 Å². The number of benzene rings is 2. The molecule has 0 aliphatic carbocycles. The van der Waals surface area contributed by atoms with Crippen LogP contribution >= 0.6 is 0 Å². The Balaban J connectivity index is 1.38. The van der Waals surface area contributed by atoms with Gasteiger partial charge in [0.1, 0.15) is 19.0 Å². The number of rotatable bonds is 11. The number of methoxy groups -OCH3 is 1. The number of fused-ring (bicyclic) bond motifs is 1. The van der Waals surface area contributed by atoms with Crippen molar-refractivity contribution in [1.29, 1.82) is 0 Å². The van der Waals surface area contributed by atoms with Gasteiger partial charge in [-0.25, -0.2) is 13.1 Å². The van der Waals surface area contributed by atoms with Crippen LogP contribution in [0.5, 0.6) is 17.2 Å². The van der Waals surface area contributed by atoms with Crippen molar-refractivity contribution in [1.82, 2.24) is 9.62 Å². The lowest BCUT2D eigenvalue weighted by Gasteiger charge is -2.19. The standard InChI is InChI=1S/C23H28N2O8S/c1-25(15-17-6-3-4-7-19(17)30-2)22(26)16-33-23(27)8-5-11-24-34(28,29)18-9-10-20-21(14-18)32-13-12-31-20/h3-4,6-7,9-10,14,24H,5,8,11-13,15-16H2,1-2H3. The summed E-state index contributed by atoms with van der Waals surface area (Å²) >= 11 is 0. The zero-order chi connectivity index (χ0) is 24.6. The number of esters is 1. The molecule has 1 aliphatic rings. The normalized spacial score (nSPS) is 12.6. The predicted molar refractivity (Wildman–Crippen MR) is 122 cm³/mol. The molecule has 11 heteroatoms. The number of nitrogens with one attached hydrogen (secondary N) is 1. The third kappa shape index (κ3) is 6.84. The van der Waals surface area contributed by atoms with E-state index in [4.69, 9.17) is 18.9 Å². The molecule has 1 N–H and O–H groups in total. The van der Waals surface area contributed by atoms with Crippen LogP contribution in [0.25, 0.3) is 0 Å². The molecular weight excluding hydrogens is 464 g/mol. The molecule has 0 unspecified atom stereocenters. The smallest absolute Gasteiger partial charge is 0.306 e. The number of nitrogens with zero attached hydrogens (tertiary/aromatic N) is 1. The van der Waals surface area contributed by atoms with E-state index in [0.717, 1.165) is 5.56 Å². The summed E-state index contributed by atoms with van der Waals surface area (Å²) in [6, 6.07) is 11.7. The van der Waals surface area contributed by atoms with Gasteiger partial charge >= 0.3 is 5.97 Å². The lowest BCUT2D eigenvalue weighted by Crippen LogP contribution is -2.31. The third-order valence-corrected chi connectivity index (χ3v) is 6.51. The van der Waals surface area contributed by atoms with Gasteiger partial charge in [0.2, 0.25) is 10.0 Å². The summed E-state index contributed by atoms with van der Waals surface area (Å²) in [4.78, 5) is 25.7. The molecule has 0 aromatic heterocycles. The summed E-state index contributed by atoms with van der Waals surface area (Å²) in [5.74, 6) is 0.586. The Kier molecular flexibility index (Phi) is 8.72. The summed E-state index contributed by atoms with van der Waals surface area (Å²) in [7, 11) is -0.612. The van der Waals surface area contributed by atoms with Crippen molar-refractivity contribution in [3.63, 3.8) is 0 Å². The van der Waals surface area contributed by atoms with Gasteiger partial charge in [0, 0.05) is 38.2 Å². The number of sulfonamides is 1. The average molecular weight is 493 g/mol. The number of para-hydroxylation sites is 1. The van der Waals surface area contributed by atoms with Gasteiger partial charge < -0.3 is 23.8 Å². The molecule has 2 aromatic rings. The van der Waals surface area contributed by atoms with Crippen molar-refractivity contribution >= 4 is 21.9 Å². The maximum absolute atomic E-state index is 12.5. The van der Waals surface area contributed by atoms with Crippen LogP contribution < -0.4 is 18.9 Å². The summed E-state index contributed by atoms with van der Waals surface area (Å²) < 4.78 is 48.5. The number of ether oxygens (including phenoxy) is 4. The maximum atomic E-state index is 12.5. The van der Waals surface area contributed by atoms with E-state index < -0.39 is 22.6 Å². The molecule has 2 aromatic carbocycles. The molecule has 3 rings (SSSR count). The summed E-state index contributed by atoms with van der Waals surface area (Å²) in [5, 5.41) is 0. The minimum absolute atomic E-state index is 0.0346. The summed E-state index contributed by atoms with van der Waals surface area (Å²) in [6.45, 7) is 0.713. The highest BCUT2D eigenvalue weighted by Gasteiger charge is 2.19. The molecule has 10 nitrogen and oxygen atoms in total. The first-order chi connectivity index (χ1) is 16.3. The van der Waals surface area contributed by atoms with Crippen LogP contribution in [0.4, 0.5) is 0 Å². The fraction of sp³-hybridized carbons (Fsp3) is 0.391. The molecule has 0 atom stereocenters. The molecule has 0 saturated carbocycles. The molecule has 0 fully saturated rings. The largest absolute Gasteiger partial charge is 0.496 e. The molecular formula is C23H28N2O8S. The van der Waals surface area contributed by atoms with Crippen molar-refractivity contribution in [2.75, 3.05) is 40.5 Å². The number of carbonyl (C=O) groups is 2. The lowest BCUT2D eigenvalue weighted by atomic mass is 10.2. The average Bonchev–Trinajstić information content (AvgIpc) is 2.85. The molecule has 0 spiro atoms. The van der Waals surface area contributed by atoms with Crippen molar-refractivity contribution < 1.29 is 37.0 Å². The van der Waals surface area contributed by atoms with E-state index in [0.29, 0.717) is 37.0 Å². The summed E-state index contributed by atoms with van der Waals surface area (Å²) in [6.07, 6.45) is 0.182. The molecule has 1 amide bonds. The van der Waals surface area contributed by atoms with Crippen LogP contribution in [0.15, 0.2) is 47.4 Å². The number of carbonyl (C=O) groups excluding carboxylic acids is 2. The quantitative estimate of drug-likeness (QED) is 0.372. The fourth-order valence-electron chi connectivity index (χ4n) is 3.22. The van der Waals surface area contributed by atoms with Crippen LogP contribution in [0.3, 0.4) is 0 Å². The lowest BCUT2D eigenvalue weighted by molar-refractivity contribution is -0.151. The van der Waals surface area contributed by atoms with Crippen molar-refractivity contribution in [2.45, 2.75) is 24.3 Å². The van der Waals surface area contributed by atoms with E-state index in [2.05, 4.69) is 4.72 Å². The van der Waals surface area contributed by atoms with Crippen molar-refractivity contribution in [3.05, 3.63) is 48.0 Å². The van der Waals surface area contributed by atoms with Gasteiger partial charge in [-0.1, -0.05) is 18.2 Å². The Morgan fingerprint density at radius 3 is 2.59 bits per heavy atom. The van der Waals surface area contributed by atoms with E-state index >= 15 is 0 Å². The minimum atomic E-state index is -3.77. The van der Waals surface area contributed by atoms with E-state index in [-0.39, 0.29) is 30.2 Å². The molecule has 1 heterocycles. The molecule has 0 saturated heterocycles. The predicted octanol–water partition coefficient (Wildman–Crippen LogP) is 1.73. The van der Waals surface area contributed by atoms with Crippen LogP contribution in [0.2, 0.25) is 0 Å². The number of hydrogen-bond acceptors (Lipinski definition) is 8. The van der Waals surface area contributed by atoms with Crippen molar-refractivity contribution in [2.24, 2.45) is 0 Å². The van der Waals surface area contributed by atoms with Crippen LogP contribution in [0, 0.1) is 0 Å². The highest BCUT2D eigenvalue weighted by atomic mass is 32.2. The number of likely N-dealkylation sites (N-methyl/N-ethyl adjacent to an activating group) is 1.